The zero-order chi connectivity index (χ0) is 8.81. The zero-order valence-electron chi connectivity index (χ0n) is 7.64. The number of carbonyl (C=O) groups is 1. The Morgan fingerprint density at radius 3 is 3.00 bits per heavy atom. The van der Waals surface area contributed by atoms with Gasteiger partial charge in [0.15, 0.2) is 5.78 Å². The molecule has 1 aliphatic carbocycles. The summed E-state index contributed by atoms with van der Waals surface area (Å²) in [6.45, 7) is 0. The maximum Gasteiger partial charge on any atom is 0.155 e. The molecule has 0 radical (unpaired) electrons. The average Bonchev–Trinajstić information content (AvgIpc) is 2.05. The van der Waals surface area contributed by atoms with Crippen molar-refractivity contribution in [1.82, 2.24) is 0 Å². The van der Waals surface area contributed by atoms with Gasteiger partial charge in [-0.15, -0.1) is 0 Å². The van der Waals surface area contributed by atoms with Crippen molar-refractivity contribution in [3.05, 3.63) is 11.6 Å². The average molecular weight is 184 g/mol. The van der Waals surface area contributed by atoms with Crippen LogP contribution in [0.5, 0.6) is 0 Å². The van der Waals surface area contributed by atoms with E-state index < -0.39 is 0 Å². The maximum absolute atomic E-state index is 11.0. The standard InChI is InChI=1S/C10H16OS/c1-12-7-3-5-9-4-2-6-10(11)8-9/h8H,2-7H2,1H3. The quantitative estimate of drug-likeness (QED) is 0.625. The smallest absolute Gasteiger partial charge is 0.155 e. The Bertz CT molecular complexity index is 184. The fourth-order valence-electron chi connectivity index (χ4n) is 1.50. The van der Waals surface area contributed by atoms with Gasteiger partial charge in [-0.3, -0.25) is 4.79 Å². The lowest BCUT2D eigenvalue weighted by atomic mass is 9.96. The molecule has 1 rings (SSSR count). The number of hydrogen-bond donors (Lipinski definition) is 0. The van der Waals surface area contributed by atoms with Crippen LogP contribution in [0.1, 0.15) is 32.1 Å². The van der Waals surface area contributed by atoms with Crippen LogP contribution in [0.25, 0.3) is 0 Å². The molecule has 0 aromatic carbocycles. The molecular formula is C10H16OS. The van der Waals surface area contributed by atoms with Crippen LogP contribution in [0.2, 0.25) is 0 Å². The molecule has 68 valence electrons. The molecule has 0 heterocycles. The van der Waals surface area contributed by atoms with Crippen LogP contribution in [0, 0.1) is 0 Å². The Labute approximate surface area is 78.6 Å². The number of allylic oxidation sites excluding steroid dienone is 2. The monoisotopic (exact) mass is 184 g/mol. The predicted molar refractivity (Wildman–Crippen MR) is 54.6 cm³/mol. The minimum Gasteiger partial charge on any atom is -0.295 e. The normalized spacial score (nSPS) is 17.8. The topological polar surface area (TPSA) is 17.1 Å². The van der Waals surface area contributed by atoms with E-state index in [0.717, 1.165) is 25.7 Å². The van der Waals surface area contributed by atoms with Crippen LogP contribution in [0.3, 0.4) is 0 Å². The second kappa shape index (κ2) is 5.41. The van der Waals surface area contributed by atoms with E-state index in [2.05, 4.69) is 6.26 Å². The molecule has 1 nitrogen and oxygen atoms in total. The Balaban J connectivity index is 2.26. The molecule has 0 fully saturated rings. The van der Waals surface area contributed by atoms with Gasteiger partial charge in [0.2, 0.25) is 0 Å². The molecule has 0 spiro atoms. The van der Waals surface area contributed by atoms with Gasteiger partial charge in [0.05, 0.1) is 0 Å². The lowest BCUT2D eigenvalue weighted by molar-refractivity contribution is -0.115. The maximum atomic E-state index is 11.0. The first-order valence-corrected chi connectivity index (χ1v) is 5.93. The molecule has 0 unspecified atom stereocenters. The highest BCUT2D eigenvalue weighted by Crippen LogP contribution is 2.19. The molecule has 0 amide bonds. The van der Waals surface area contributed by atoms with E-state index in [-0.39, 0.29) is 0 Å². The highest BCUT2D eigenvalue weighted by molar-refractivity contribution is 7.98. The minimum atomic E-state index is 0.334. The van der Waals surface area contributed by atoms with E-state index in [1.54, 1.807) is 0 Å². The van der Waals surface area contributed by atoms with E-state index in [1.807, 2.05) is 17.8 Å². The van der Waals surface area contributed by atoms with Crippen LogP contribution in [0.15, 0.2) is 11.6 Å². The molecule has 2 heteroatoms. The Morgan fingerprint density at radius 1 is 1.50 bits per heavy atom. The molecule has 0 atom stereocenters. The largest absolute Gasteiger partial charge is 0.295 e. The molecule has 0 aromatic rings. The Morgan fingerprint density at radius 2 is 2.33 bits per heavy atom. The first-order chi connectivity index (χ1) is 5.83. The van der Waals surface area contributed by atoms with Gasteiger partial charge >= 0.3 is 0 Å². The first kappa shape index (κ1) is 9.85. The van der Waals surface area contributed by atoms with Gasteiger partial charge in [-0.2, -0.15) is 11.8 Å². The van der Waals surface area contributed by atoms with Gasteiger partial charge in [0, 0.05) is 6.42 Å². The van der Waals surface area contributed by atoms with Gasteiger partial charge in [0.1, 0.15) is 0 Å². The SMILES string of the molecule is CSCCCC1=CC(=O)CCC1. The third kappa shape index (κ3) is 3.44. The van der Waals surface area contributed by atoms with Gasteiger partial charge < -0.3 is 0 Å². The first-order valence-electron chi connectivity index (χ1n) is 4.54. The Hall–Kier alpha value is -0.240. The summed E-state index contributed by atoms with van der Waals surface area (Å²) < 4.78 is 0. The van der Waals surface area contributed by atoms with Gasteiger partial charge in [0.25, 0.3) is 0 Å². The molecule has 12 heavy (non-hydrogen) atoms. The molecular weight excluding hydrogens is 168 g/mol. The molecule has 1 aliphatic rings. The highest BCUT2D eigenvalue weighted by atomic mass is 32.2. The van der Waals surface area contributed by atoms with Crippen molar-refractivity contribution in [3.8, 4) is 0 Å². The summed E-state index contributed by atoms with van der Waals surface area (Å²) in [6.07, 6.45) is 9.34. The van der Waals surface area contributed by atoms with Crippen molar-refractivity contribution in [2.45, 2.75) is 32.1 Å². The molecule has 0 N–H and O–H groups in total. The number of hydrogen-bond acceptors (Lipinski definition) is 2. The number of carbonyl (C=O) groups excluding carboxylic acids is 1. The summed E-state index contributed by atoms with van der Waals surface area (Å²) in [7, 11) is 0. The summed E-state index contributed by atoms with van der Waals surface area (Å²) in [4.78, 5) is 11.0. The third-order valence-corrected chi connectivity index (χ3v) is 2.83. The van der Waals surface area contributed by atoms with Crippen molar-refractivity contribution in [2.75, 3.05) is 12.0 Å². The van der Waals surface area contributed by atoms with Crippen molar-refractivity contribution in [1.29, 1.82) is 0 Å². The summed E-state index contributed by atoms with van der Waals surface area (Å²) in [5.41, 5.74) is 1.38. The van der Waals surface area contributed by atoms with Crippen LogP contribution in [-0.2, 0) is 4.79 Å². The van der Waals surface area contributed by atoms with Crippen LogP contribution in [0.4, 0.5) is 0 Å². The van der Waals surface area contributed by atoms with E-state index >= 15 is 0 Å². The molecule has 0 bridgehead atoms. The van der Waals surface area contributed by atoms with E-state index in [0.29, 0.717) is 5.78 Å². The second-order valence-electron chi connectivity index (χ2n) is 3.22. The second-order valence-corrected chi connectivity index (χ2v) is 4.20. The van der Waals surface area contributed by atoms with Crippen molar-refractivity contribution in [2.24, 2.45) is 0 Å². The summed E-state index contributed by atoms with van der Waals surface area (Å²) in [6, 6.07) is 0. The lowest BCUT2D eigenvalue weighted by Crippen LogP contribution is -2.02. The van der Waals surface area contributed by atoms with E-state index in [1.165, 1.54) is 17.7 Å². The van der Waals surface area contributed by atoms with Crippen LogP contribution < -0.4 is 0 Å². The van der Waals surface area contributed by atoms with E-state index in [4.69, 9.17) is 0 Å². The molecule has 0 saturated carbocycles. The lowest BCUT2D eigenvalue weighted by Gasteiger charge is -2.10. The van der Waals surface area contributed by atoms with Gasteiger partial charge in [-0.1, -0.05) is 5.57 Å². The number of ketones is 1. The summed E-state index contributed by atoms with van der Waals surface area (Å²) in [5.74, 6) is 1.55. The third-order valence-electron chi connectivity index (χ3n) is 2.13. The van der Waals surface area contributed by atoms with Gasteiger partial charge in [-0.25, -0.2) is 0 Å². The minimum absolute atomic E-state index is 0.334. The van der Waals surface area contributed by atoms with E-state index in [9.17, 15) is 4.79 Å². The highest BCUT2D eigenvalue weighted by Gasteiger charge is 2.08. The van der Waals surface area contributed by atoms with Crippen LogP contribution in [-0.4, -0.2) is 17.8 Å². The summed E-state index contributed by atoms with van der Waals surface area (Å²) in [5, 5.41) is 0. The van der Waals surface area contributed by atoms with Crippen LogP contribution >= 0.6 is 11.8 Å². The fraction of sp³-hybridized carbons (Fsp3) is 0.700. The Kier molecular flexibility index (Phi) is 4.44. The molecule has 0 aromatic heterocycles. The fourth-order valence-corrected chi connectivity index (χ4v) is 1.94. The predicted octanol–water partition coefficient (Wildman–Crippen LogP) is 2.81. The zero-order valence-corrected chi connectivity index (χ0v) is 8.45. The molecule has 0 aliphatic heterocycles. The van der Waals surface area contributed by atoms with Crippen molar-refractivity contribution >= 4 is 17.5 Å². The summed E-state index contributed by atoms with van der Waals surface area (Å²) >= 11 is 1.88. The van der Waals surface area contributed by atoms with Gasteiger partial charge in [-0.05, 0) is 43.8 Å². The van der Waals surface area contributed by atoms with Crippen molar-refractivity contribution in [3.63, 3.8) is 0 Å². The van der Waals surface area contributed by atoms with Crippen molar-refractivity contribution < 1.29 is 4.79 Å². The molecule has 0 saturated heterocycles. The number of rotatable bonds is 4. The number of thioether (sulfide) groups is 1.